The summed E-state index contributed by atoms with van der Waals surface area (Å²) in [6.07, 6.45) is 5.57. The first-order chi connectivity index (χ1) is 6.15. The Balaban J connectivity index is 2.93. The van der Waals surface area contributed by atoms with Crippen LogP contribution in [0.4, 0.5) is 0 Å². The SMILES string of the molecule is COC1(Cl)C(Cl)=CC=CC1CC#N. The molecular weight excluding hydrogens is 209 g/mol. The molecule has 2 nitrogen and oxygen atoms in total. The van der Waals surface area contributed by atoms with E-state index >= 15 is 0 Å². The molecule has 0 aromatic heterocycles. The van der Waals surface area contributed by atoms with Crippen molar-refractivity contribution in [2.75, 3.05) is 7.11 Å². The summed E-state index contributed by atoms with van der Waals surface area (Å²) in [4.78, 5) is 0. The van der Waals surface area contributed by atoms with Crippen LogP contribution in [0, 0.1) is 17.2 Å². The highest BCUT2D eigenvalue weighted by molar-refractivity contribution is 6.39. The second-order valence-electron chi connectivity index (χ2n) is 2.72. The number of allylic oxidation sites excluding steroid dienone is 2. The maximum atomic E-state index is 8.57. The monoisotopic (exact) mass is 217 g/mol. The standard InChI is InChI=1S/C9H9Cl2NO/c1-13-9(11)7(5-6-12)3-2-4-8(9)10/h2-4,7H,5H2,1H3. The summed E-state index contributed by atoms with van der Waals surface area (Å²) in [7, 11) is 1.48. The molecule has 13 heavy (non-hydrogen) atoms. The average Bonchev–Trinajstić information content (AvgIpc) is 2.13. The fourth-order valence-electron chi connectivity index (χ4n) is 1.24. The van der Waals surface area contributed by atoms with E-state index in [2.05, 4.69) is 0 Å². The summed E-state index contributed by atoms with van der Waals surface area (Å²) in [5.74, 6) is -0.193. The molecule has 70 valence electrons. The topological polar surface area (TPSA) is 33.0 Å². The number of hydrogen-bond acceptors (Lipinski definition) is 2. The second-order valence-corrected chi connectivity index (χ2v) is 3.69. The van der Waals surface area contributed by atoms with E-state index in [4.69, 9.17) is 33.2 Å². The first-order valence-electron chi connectivity index (χ1n) is 3.80. The molecule has 0 spiro atoms. The van der Waals surface area contributed by atoms with E-state index in [1.807, 2.05) is 12.1 Å². The fourth-order valence-corrected chi connectivity index (χ4v) is 1.74. The van der Waals surface area contributed by atoms with Crippen molar-refractivity contribution in [1.29, 1.82) is 5.26 Å². The lowest BCUT2D eigenvalue weighted by atomic mass is 9.94. The highest BCUT2D eigenvalue weighted by Crippen LogP contribution is 2.41. The normalized spacial score (nSPS) is 32.5. The summed E-state index contributed by atoms with van der Waals surface area (Å²) >= 11 is 12.0. The molecular formula is C9H9Cl2NO. The molecule has 0 saturated heterocycles. The number of nitrogens with zero attached hydrogens (tertiary/aromatic N) is 1. The summed E-state index contributed by atoms with van der Waals surface area (Å²) in [5, 5.41) is 7.92. The number of ether oxygens (including phenoxy) is 1. The number of halogens is 2. The van der Waals surface area contributed by atoms with Crippen molar-refractivity contribution in [1.82, 2.24) is 0 Å². The van der Waals surface area contributed by atoms with Crippen molar-refractivity contribution in [2.24, 2.45) is 5.92 Å². The van der Waals surface area contributed by atoms with Crippen molar-refractivity contribution >= 4 is 23.2 Å². The van der Waals surface area contributed by atoms with Gasteiger partial charge in [-0.1, -0.05) is 35.4 Å². The Labute approximate surface area is 87.4 Å². The summed E-state index contributed by atoms with van der Waals surface area (Å²) in [6, 6.07) is 2.05. The van der Waals surface area contributed by atoms with Gasteiger partial charge in [-0.05, 0) is 6.08 Å². The van der Waals surface area contributed by atoms with Crippen molar-refractivity contribution in [3.8, 4) is 6.07 Å². The van der Waals surface area contributed by atoms with Crippen LogP contribution in [0.25, 0.3) is 0 Å². The van der Waals surface area contributed by atoms with Crippen molar-refractivity contribution < 1.29 is 4.74 Å². The minimum Gasteiger partial charge on any atom is -0.357 e. The Hall–Kier alpha value is -0.490. The van der Waals surface area contributed by atoms with Gasteiger partial charge in [-0.25, -0.2) is 0 Å². The Morgan fingerprint density at radius 3 is 3.00 bits per heavy atom. The van der Waals surface area contributed by atoms with Gasteiger partial charge in [-0.15, -0.1) is 0 Å². The first-order valence-corrected chi connectivity index (χ1v) is 4.56. The Morgan fingerprint density at radius 1 is 1.77 bits per heavy atom. The highest BCUT2D eigenvalue weighted by Gasteiger charge is 2.40. The zero-order chi connectivity index (χ0) is 9.90. The molecule has 2 unspecified atom stereocenters. The van der Waals surface area contributed by atoms with Crippen molar-refractivity contribution in [2.45, 2.75) is 11.5 Å². The van der Waals surface area contributed by atoms with E-state index in [1.165, 1.54) is 7.11 Å². The van der Waals surface area contributed by atoms with Crippen molar-refractivity contribution in [3.05, 3.63) is 23.3 Å². The van der Waals surface area contributed by atoms with Gasteiger partial charge >= 0.3 is 0 Å². The molecule has 1 rings (SSSR count). The molecule has 0 saturated carbocycles. The van der Waals surface area contributed by atoms with Crippen LogP contribution in [0.15, 0.2) is 23.3 Å². The van der Waals surface area contributed by atoms with E-state index in [1.54, 1.807) is 12.2 Å². The third-order valence-corrected chi connectivity index (χ3v) is 3.14. The minimum absolute atomic E-state index is 0.193. The molecule has 0 aromatic carbocycles. The predicted molar refractivity (Wildman–Crippen MR) is 52.4 cm³/mol. The van der Waals surface area contributed by atoms with Gasteiger partial charge in [0.1, 0.15) is 0 Å². The summed E-state index contributed by atoms with van der Waals surface area (Å²) < 4.78 is 5.12. The third-order valence-electron chi connectivity index (χ3n) is 2.00. The van der Waals surface area contributed by atoms with Crippen LogP contribution in [-0.4, -0.2) is 12.2 Å². The number of methoxy groups -OCH3 is 1. The molecule has 0 fully saturated rings. The molecule has 0 N–H and O–H groups in total. The van der Waals surface area contributed by atoms with Crippen molar-refractivity contribution in [3.63, 3.8) is 0 Å². The van der Waals surface area contributed by atoms with E-state index in [0.29, 0.717) is 5.03 Å². The van der Waals surface area contributed by atoms with Crippen LogP contribution >= 0.6 is 23.2 Å². The van der Waals surface area contributed by atoms with Crippen LogP contribution in [0.1, 0.15) is 6.42 Å². The fraction of sp³-hybridized carbons (Fsp3) is 0.444. The maximum absolute atomic E-state index is 8.57. The largest absolute Gasteiger partial charge is 0.357 e. The van der Waals surface area contributed by atoms with E-state index < -0.39 is 5.06 Å². The van der Waals surface area contributed by atoms with Crippen LogP contribution in [0.3, 0.4) is 0 Å². The van der Waals surface area contributed by atoms with Gasteiger partial charge in [-0.3, -0.25) is 0 Å². The van der Waals surface area contributed by atoms with Crippen LogP contribution in [0.2, 0.25) is 0 Å². The van der Waals surface area contributed by atoms with Gasteiger partial charge in [0.05, 0.1) is 11.1 Å². The summed E-state index contributed by atoms with van der Waals surface area (Å²) in [5.41, 5.74) is 0. The molecule has 0 radical (unpaired) electrons. The van der Waals surface area contributed by atoms with Gasteiger partial charge in [-0.2, -0.15) is 5.26 Å². The molecule has 4 heteroatoms. The van der Waals surface area contributed by atoms with Gasteiger partial charge in [0.25, 0.3) is 0 Å². The van der Waals surface area contributed by atoms with E-state index in [0.717, 1.165) is 0 Å². The van der Waals surface area contributed by atoms with Crippen LogP contribution in [0.5, 0.6) is 0 Å². The molecule has 0 aliphatic heterocycles. The van der Waals surface area contributed by atoms with E-state index in [-0.39, 0.29) is 12.3 Å². The third kappa shape index (κ3) is 1.88. The maximum Gasteiger partial charge on any atom is 0.184 e. The zero-order valence-electron chi connectivity index (χ0n) is 7.13. The lowest BCUT2D eigenvalue weighted by molar-refractivity contribution is 0.0657. The van der Waals surface area contributed by atoms with Crippen LogP contribution < -0.4 is 0 Å². The van der Waals surface area contributed by atoms with Gasteiger partial charge in [0.2, 0.25) is 0 Å². The number of alkyl halides is 1. The minimum atomic E-state index is -1.06. The quantitative estimate of drug-likeness (QED) is 0.667. The second kappa shape index (κ2) is 4.15. The predicted octanol–water partition coefficient (Wildman–Crippen LogP) is 2.79. The van der Waals surface area contributed by atoms with Gasteiger partial charge < -0.3 is 4.74 Å². The molecule has 0 heterocycles. The number of hydrogen-bond donors (Lipinski definition) is 0. The Kier molecular flexibility index (Phi) is 3.38. The lowest BCUT2D eigenvalue weighted by Gasteiger charge is -2.32. The Bertz CT molecular complexity index is 292. The van der Waals surface area contributed by atoms with Gasteiger partial charge in [0.15, 0.2) is 5.06 Å². The Morgan fingerprint density at radius 2 is 2.46 bits per heavy atom. The molecule has 1 aliphatic rings. The molecule has 2 atom stereocenters. The average molecular weight is 218 g/mol. The summed E-state index contributed by atoms with van der Waals surface area (Å²) in [6.45, 7) is 0. The smallest absolute Gasteiger partial charge is 0.184 e. The number of nitriles is 1. The lowest BCUT2D eigenvalue weighted by Crippen LogP contribution is -2.34. The molecule has 0 amide bonds. The molecule has 0 bridgehead atoms. The highest BCUT2D eigenvalue weighted by atomic mass is 35.5. The number of rotatable bonds is 2. The molecule has 0 aromatic rings. The zero-order valence-corrected chi connectivity index (χ0v) is 8.64. The first kappa shape index (κ1) is 10.6. The van der Waals surface area contributed by atoms with Gasteiger partial charge in [0, 0.05) is 19.4 Å². The van der Waals surface area contributed by atoms with E-state index in [9.17, 15) is 0 Å². The van der Waals surface area contributed by atoms with Crippen LogP contribution in [-0.2, 0) is 4.74 Å². The molecule has 1 aliphatic carbocycles.